The lowest BCUT2D eigenvalue weighted by Gasteiger charge is -2.16. The van der Waals surface area contributed by atoms with Crippen LogP contribution in [0.1, 0.15) is 30.0 Å². The maximum atomic E-state index is 11.0. The standard InChI is InChI=1S/C12H14O/c1-9-3-4-11-10(7-9)5-6-12(11,2)8-13/h3-4,7-8H,5-6H2,1-2H3. The molecule has 1 heteroatoms. The van der Waals surface area contributed by atoms with Crippen LogP contribution in [0.2, 0.25) is 0 Å². The smallest absolute Gasteiger partial charge is 0.130 e. The zero-order valence-electron chi connectivity index (χ0n) is 8.13. The number of aldehydes is 1. The molecule has 2 rings (SSSR count). The van der Waals surface area contributed by atoms with E-state index >= 15 is 0 Å². The molecule has 0 N–H and O–H groups in total. The molecule has 0 aliphatic heterocycles. The van der Waals surface area contributed by atoms with Crippen LogP contribution >= 0.6 is 0 Å². The van der Waals surface area contributed by atoms with E-state index in [1.54, 1.807) is 0 Å². The van der Waals surface area contributed by atoms with Crippen LogP contribution in [0, 0.1) is 6.92 Å². The minimum absolute atomic E-state index is 0.219. The molecule has 1 aromatic carbocycles. The van der Waals surface area contributed by atoms with Gasteiger partial charge in [-0.2, -0.15) is 0 Å². The van der Waals surface area contributed by atoms with E-state index in [1.807, 2.05) is 6.92 Å². The molecule has 0 fully saturated rings. The van der Waals surface area contributed by atoms with Crippen LogP contribution in [-0.2, 0) is 16.6 Å². The fourth-order valence-electron chi connectivity index (χ4n) is 2.14. The molecule has 1 unspecified atom stereocenters. The molecule has 1 aromatic rings. The summed E-state index contributed by atoms with van der Waals surface area (Å²) in [5.74, 6) is 0. The number of hydrogen-bond donors (Lipinski definition) is 0. The molecule has 0 amide bonds. The topological polar surface area (TPSA) is 17.1 Å². The van der Waals surface area contributed by atoms with Gasteiger partial charge in [0, 0.05) is 5.41 Å². The quantitative estimate of drug-likeness (QED) is 0.597. The van der Waals surface area contributed by atoms with E-state index in [1.165, 1.54) is 16.7 Å². The third-order valence-corrected chi connectivity index (χ3v) is 3.05. The van der Waals surface area contributed by atoms with E-state index in [2.05, 4.69) is 25.1 Å². The van der Waals surface area contributed by atoms with Crippen molar-refractivity contribution in [2.75, 3.05) is 0 Å². The second-order valence-corrected chi connectivity index (χ2v) is 4.20. The summed E-state index contributed by atoms with van der Waals surface area (Å²) in [6.07, 6.45) is 3.11. The summed E-state index contributed by atoms with van der Waals surface area (Å²) in [4.78, 5) is 11.0. The lowest BCUT2D eigenvalue weighted by Crippen LogP contribution is -2.19. The first kappa shape index (κ1) is 8.49. The zero-order chi connectivity index (χ0) is 9.47. The highest BCUT2D eigenvalue weighted by molar-refractivity contribution is 5.71. The van der Waals surface area contributed by atoms with Gasteiger partial charge in [0.15, 0.2) is 0 Å². The first-order chi connectivity index (χ1) is 6.15. The average Bonchev–Trinajstić information content (AvgIpc) is 2.45. The SMILES string of the molecule is Cc1ccc2c(c1)CCC2(C)C=O. The molecule has 0 aromatic heterocycles. The number of carbonyl (C=O) groups excluding carboxylic acids is 1. The molecule has 68 valence electrons. The van der Waals surface area contributed by atoms with Crippen molar-refractivity contribution in [2.45, 2.75) is 32.1 Å². The molecule has 0 heterocycles. The number of carbonyl (C=O) groups is 1. The predicted octanol–water partition coefficient (Wildman–Crippen LogP) is 2.40. The van der Waals surface area contributed by atoms with Gasteiger partial charge in [-0.3, -0.25) is 0 Å². The predicted molar refractivity (Wildman–Crippen MR) is 52.9 cm³/mol. The van der Waals surface area contributed by atoms with Crippen LogP contribution in [0.5, 0.6) is 0 Å². The van der Waals surface area contributed by atoms with E-state index in [9.17, 15) is 4.79 Å². The number of hydrogen-bond acceptors (Lipinski definition) is 1. The minimum Gasteiger partial charge on any atom is -0.302 e. The van der Waals surface area contributed by atoms with Crippen LogP contribution in [0.3, 0.4) is 0 Å². The van der Waals surface area contributed by atoms with Crippen molar-refractivity contribution in [1.82, 2.24) is 0 Å². The summed E-state index contributed by atoms with van der Waals surface area (Å²) in [5.41, 5.74) is 3.65. The largest absolute Gasteiger partial charge is 0.302 e. The van der Waals surface area contributed by atoms with Gasteiger partial charge in [-0.25, -0.2) is 0 Å². The van der Waals surface area contributed by atoms with Crippen molar-refractivity contribution in [3.05, 3.63) is 34.9 Å². The Morgan fingerprint density at radius 3 is 2.92 bits per heavy atom. The maximum absolute atomic E-state index is 11.0. The Bertz CT molecular complexity index is 354. The second-order valence-electron chi connectivity index (χ2n) is 4.20. The molecule has 13 heavy (non-hydrogen) atoms. The van der Waals surface area contributed by atoms with Crippen molar-refractivity contribution in [3.8, 4) is 0 Å². The van der Waals surface area contributed by atoms with Crippen molar-refractivity contribution in [2.24, 2.45) is 0 Å². The molecular weight excluding hydrogens is 160 g/mol. The Morgan fingerprint density at radius 2 is 2.23 bits per heavy atom. The number of fused-ring (bicyclic) bond motifs is 1. The molecular formula is C12H14O. The van der Waals surface area contributed by atoms with Crippen LogP contribution in [0.25, 0.3) is 0 Å². The van der Waals surface area contributed by atoms with E-state index in [4.69, 9.17) is 0 Å². The Balaban J connectivity index is 2.55. The van der Waals surface area contributed by atoms with Gasteiger partial charge < -0.3 is 4.79 Å². The first-order valence-electron chi connectivity index (χ1n) is 4.72. The molecule has 0 spiro atoms. The monoisotopic (exact) mass is 174 g/mol. The first-order valence-corrected chi connectivity index (χ1v) is 4.72. The molecule has 1 aliphatic rings. The van der Waals surface area contributed by atoms with Crippen molar-refractivity contribution in [1.29, 1.82) is 0 Å². The number of benzene rings is 1. The fraction of sp³-hybridized carbons (Fsp3) is 0.417. The lowest BCUT2D eigenvalue weighted by atomic mass is 9.86. The number of rotatable bonds is 1. The summed E-state index contributed by atoms with van der Waals surface area (Å²) in [6.45, 7) is 4.12. The Hall–Kier alpha value is -1.11. The van der Waals surface area contributed by atoms with E-state index < -0.39 is 0 Å². The highest BCUT2D eigenvalue weighted by Crippen LogP contribution is 2.37. The third-order valence-electron chi connectivity index (χ3n) is 3.05. The second kappa shape index (κ2) is 2.69. The van der Waals surface area contributed by atoms with Gasteiger partial charge in [0.1, 0.15) is 6.29 Å². The molecule has 0 saturated heterocycles. The molecule has 1 aliphatic carbocycles. The van der Waals surface area contributed by atoms with E-state index in [0.29, 0.717) is 0 Å². The molecule has 0 bridgehead atoms. The van der Waals surface area contributed by atoms with Gasteiger partial charge in [-0.1, -0.05) is 23.8 Å². The Kier molecular flexibility index (Phi) is 1.76. The van der Waals surface area contributed by atoms with Gasteiger partial charge >= 0.3 is 0 Å². The summed E-state index contributed by atoms with van der Waals surface area (Å²) in [7, 11) is 0. The third kappa shape index (κ3) is 1.19. The Morgan fingerprint density at radius 1 is 1.46 bits per heavy atom. The van der Waals surface area contributed by atoms with Crippen LogP contribution in [0.15, 0.2) is 18.2 Å². The Labute approximate surface area is 78.8 Å². The van der Waals surface area contributed by atoms with Crippen molar-refractivity contribution >= 4 is 6.29 Å². The maximum Gasteiger partial charge on any atom is 0.130 e. The normalized spacial score (nSPS) is 25.7. The van der Waals surface area contributed by atoms with Crippen LogP contribution in [0.4, 0.5) is 0 Å². The highest BCUT2D eigenvalue weighted by atomic mass is 16.1. The summed E-state index contributed by atoms with van der Waals surface area (Å²) < 4.78 is 0. The molecule has 0 saturated carbocycles. The van der Waals surface area contributed by atoms with E-state index in [0.717, 1.165) is 19.1 Å². The minimum atomic E-state index is -0.219. The average molecular weight is 174 g/mol. The van der Waals surface area contributed by atoms with Crippen LogP contribution < -0.4 is 0 Å². The highest BCUT2D eigenvalue weighted by Gasteiger charge is 2.33. The molecule has 0 radical (unpaired) electrons. The van der Waals surface area contributed by atoms with Gasteiger partial charge in [-0.15, -0.1) is 0 Å². The van der Waals surface area contributed by atoms with E-state index in [-0.39, 0.29) is 5.41 Å². The summed E-state index contributed by atoms with van der Waals surface area (Å²) in [5, 5.41) is 0. The zero-order valence-corrected chi connectivity index (χ0v) is 8.13. The number of aryl methyl sites for hydroxylation is 2. The van der Waals surface area contributed by atoms with Crippen LogP contribution in [-0.4, -0.2) is 6.29 Å². The fourth-order valence-corrected chi connectivity index (χ4v) is 2.14. The van der Waals surface area contributed by atoms with Gasteiger partial charge in [-0.05, 0) is 37.8 Å². The van der Waals surface area contributed by atoms with Gasteiger partial charge in [0.05, 0.1) is 0 Å². The van der Waals surface area contributed by atoms with Crippen molar-refractivity contribution in [3.63, 3.8) is 0 Å². The molecule has 1 atom stereocenters. The van der Waals surface area contributed by atoms with Gasteiger partial charge in [0.2, 0.25) is 0 Å². The summed E-state index contributed by atoms with van der Waals surface area (Å²) >= 11 is 0. The molecule has 1 nitrogen and oxygen atoms in total. The van der Waals surface area contributed by atoms with Crippen molar-refractivity contribution < 1.29 is 4.79 Å². The lowest BCUT2D eigenvalue weighted by molar-refractivity contribution is -0.112. The van der Waals surface area contributed by atoms with Gasteiger partial charge in [0.25, 0.3) is 0 Å². The summed E-state index contributed by atoms with van der Waals surface area (Å²) in [6, 6.07) is 6.39.